The molecule has 24 heavy (non-hydrogen) atoms. The molecule has 0 aromatic heterocycles. The largest absolute Gasteiger partial charge is 0.468 e. The van der Waals surface area contributed by atoms with E-state index in [0.29, 0.717) is 6.54 Å². The van der Waals surface area contributed by atoms with Crippen molar-refractivity contribution >= 4 is 12.1 Å². The number of nitrogens with zero attached hydrogens (tertiary/aromatic N) is 1. The van der Waals surface area contributed by atoms with Crippen LogP contribution in [0.2, 0.25) is 0 Å². The SMILES string of the molecule is COC(=O)[C@@H](c1ccccc1)[C@@H]1CCCCN1C(=O)OC(C)(C)C. The second-order valence-electron chi connectivity index (χ2n) is 7.15. The van der Waals surface area contributed by atoms with E-state index in [9.17, 15) is 9.59 Å². The molecule has 1 saturated heterocycles. The Balaban J connectivity index is 2.31. The summed E-state index contributed by atoms with van der Waals surface area (Å²) in [4.78, 5) is 26.8. The number of benzene rings is 1. The van der Waals surface area contributed by atoms with Gasteiger partial charge in [0, 0.05) is 6.54 Å². The first-order valence-electron chi connectivity index (χ1n) is 8.46. The van der Waals surface area contributed by atoms with E-state index >= 15 is 0 Å². The number of ether oxygens (including phenoxy) is 2. The molecule has 132 valence electrons. The van der Waals surface area contributed by atoms with Crippen molar-refractivity contribution in [3.8, 4) is 0 Å². The maximum atomic E-state index is 12.6. The predicted octanol–water partition coefficient (Wildman–Crippen LogP) is 3.73. The Hall–Kier alpha value is -2.04. The first kappa shape index (κ1) is 18.3. The number of esters is 1. The van der Waals surface area contributed by atoms with Crippen molar-refractivity contribution in [1.29, 1.82) is 0 Å². The minimum absolute atomic E-state index is 0.247. The molecule has 0 bridgehead atoms. The van der Waals surface area contributed by atoms with Gasteiger partial charge in [-0.3, -0.25) is 4.79 Å². The molecule has 1 amide bonds. The molecule has 0 radical (unpaired) electrons. The highest BCUT2D eigenvalue weighted by Gasteiger charge is 2.40. The quantitative estimate of drug-likeness (QED) is 0.791. The standard InChI is InChI=1S/C19H27NO4/c1-19(2,3)24-18(22)20-13-9-8-12-15(20)16(17(21)23-4)14-10-6-5-7-11-14/h5-7,10-11,15-16H,8-9,12-13H2,1-4H3/t15-,16-/m0/s1. The van der Waals surface area contributed by atoms with E-state index in [-0.39, 0.29) is 18.1 Å². The van der Waals surface area contributed by atoms with Crippen LogP contribution in [0.15, 0.2) is 30.3 Å². The van der Waals surface area contributed by atoms with Gasteiger partial charge in [0.05, 0.1) is 13.2 Å². The topological polar surface area (TPSA) is 55.8 Å². The zero-order valence-corrected chi connectivity index (χ0v) is 15.0. The number of carbonyl (C=O) groups is 2. The molecule has 2 rings (SSSR count). The third-order valence-corrected chi connectivity index (χ3v) is 4.18. The number of rotatable bonds is 3. The summed E-state index contributed by atoms with van der Waals surface area (Å²) in [6.45, 7) is 6.14. The molecule has 1 aliphatic heterocycles. The summed E-state index contributed by atoms with van der Waals surface area (Å²) in [5.41, 5.74) is 0.303. The van der Waals surface area contributed by atoms with E-state index in [1.807, 2.05) is 51.1 Å². The summed E-state index contributed by atoms with van der Waals surface area (Å²) in [7, 11) is 1.39. The monoisotopic (exact) mass is 333 g/mol. The zero-order chi connectivity index (χ0) is 17.7. The number of piperidine rings is 1. The first-order valence-corrected chi connectivity index (χ1v) is 8.46. The summed E-state index contributed by atoms with van der Waals surface area (Å²) in [5.74, 6) is -0.814. The maximum Gasteiger partial charge on any atom is 0.410 e. The van der Waals surface area contributed by atoms with Crippen LogP contribution >= 0.6 is 0 Å². The molecule has 1 heterocycles. The van der Waals surface area contributed by atoms with Gasteiger partial charge in [-0.15, -0.1) is 0 Å². The zero-order valence-electron chi connectivity index (χ0n) is 15.0. The molecule has 2 atom stereocenters. The lowest BCUT2D eigenvalue weighted by Crippen LogP contribution is -2.50. The van der Waals surface area contributed by atoms with E-state index in [0.717, 1.165) is 24.8 Å². The molecule has 1 fully saturated rings. The molecule has 1 aliphatic rings. The maximum absolute atomic E-state index is 12.6. The number of hydrogen-bond donors (Lipinski definition) is 0. The highest BCUT2D eigenvalue weighted by atomic mass is 16.6. The fourth-order valence-corrected chi connectivity index (χ4v) is 3.15. The Morgan fingerprint density at radius 2 is 1.83 bits per heavy atom. The molecule has 0 N–H and O–H groups in total. The van der Waals surface area contributed by atoms with Gasteiger partial charge in [0.25, 0.3) is 0 Å². The first-order chi connectivity index (χ1) is 11.3. The molecular formula is C19H27NO4. The lowest BCUT2D eigenvalue weighted by Gasteiger charge is -2.40. The number of likely N-dealkylation sites (tertiary alicyclic amines) is 1. The van der Waals surface area contributed by atoms with Crippen LogP contribution < -0.4 is 0 Å². The minimum atomic E-state index is -0.563. The van der Waals surface area contributed by atoms with Crippen molar-refractivity contribution in [1.82, 2.24) is 4.90 Å². The van der Waals surface area contributed by atoms with Crippen LogP contribution in [0.1, 0.15) is 51.5 Å². The normalized spacial score (nSPS) is 19.5. The van der Waals surface area contributed by atoms with Gasteiger partial charge in [-0.05, 0) is 45.6 Å². The molecule has 0 saturated carbocycles. The Bertz CT molecular complexity index is 564. The molecule has 0 aliphatic carbocycles. The second-order valence-corrected chi connectivity index (χ2v) is 7.15. The molecule has 1 aromatic rings. The van der Waals surface area contributed by atoms with Crippen LogP contribution in [0.5, 0.6) is 0 Å². The Morgan fingerprint density at radius 1 is 1.17 bits per heavy atom. The van der Waals surface area contributed by atoms with Crippen LogP contribution in [0.25, 0.3) is 0 Å². The second kappa shape index (κ2) is 7.69. The fraction of sp³-hybridized carbons (Fsp3) is 0.579. The van der Waals surface area contributed by atoms with Crippen molar-refractivity contribution in [2.45, 2.75) is 57.6 Å². The highest BCUT2D eigenvalue weighted by molar-refractivity contribution is 5.80. The van der Waals surface area contributed by atoms with Crippen LogP contribution in [0, 0.1) is 0 Å². The van der Waals surface area contributed by atoms with Gasteiger partial charge in [-0.2, -0.15) is 0 Å². The summed E-state index contributed by atoms with van der Waals surface area (Å²) in [6.07, 6.45) is 2.29. The van der Waals surface area contributed by atoms with Gasteiger partial charge >= 0.3 is 12.1 Å². The molecule has 5 nitrogen and oxygen atoms in total. The lowest BCUT2D eigenvalue weighted by atomic mass is 9.85. The van der Waals surface area contributed by atoms with Crippen LogP contribution in [-0.2, 0) is 14.3 Å². The van der Waals surface area contributed by atoms with E-state index in [1.54, 1.807) is 4.90 Å². The van der Waals surface area contributed by atoms with Crippen molar-refractivity contribution in [2.24, 2.45) is 0 Å². The third kappa shape index (κ3) is 4.49. The van der Waals surface area contributed by atoms with Crippen molar-refractivity contribution in [3.05, 3.63) is 35.9 Å². The van der Waals surface area contributed by atoms with E-state index in [1.165, 1.54) is 7.11 Å². The van der Waals surface area contributed by atoms with Crippen LogP contribution in [0.4, 0.5) is 4.79 Å². The summed E-state index contributed by atoms with van der Waals surface area (Å²) >= 11 is 0. The Labute approximate surface area is 143 Å². The van der Waals surface area contributed by atoms with E-state index in [2.05, 4.69) is 0 Å². The number of carbonyl (C=O) groups excluding carboxylic acids is 2. The van der Waals surface area contributed by atoms with Gasteiger partial charge in [0.1, 0.15) is 11.5 Å². The number of amides is 1. The fourth-order valence-electron chi connectivity index (χ4n) is 3.15. The average molecular weight is 333 g/mol. The molecule has 5 heteroatoms. The summed E-state index contributed by atoms with van der Waals surface area (Å²) < 4.78 is 10.6. The molecule has 1 aromatic carbocycles. The van der Waals surface area contributed by atoms with Gasteiger partial charge in [-0.1, -0.05) is 30.3 Å². The molecule has 0 unspecified atom stereocenters. The van der Waals surface area contributed by atoms with Gasteiger partial charge < -0.3 is 14.4 Å². The number of methoxy groups -OCH3 is 1. The Kier molecular flexibility index (Phi) is 5.86. The lowest BCUT2D eigenvalue weighted by molar-refractivity contribution is -0.144. The van der Waals surface area contributed by atoms with Gasteiger partial charge in [0.2, 0.25) is 0 Å². The summed E-state index contributed by atoms with van der Waals surface area (Å²) in [5, 5.41) is 0. The van der Waals surface area contributed by atoms with Crippen LogP contribution in [-0.4, -0.2) is 42.3 Å². The molecular weight excluding hydrogens is 306 g/mol. The highest BCUT2D eigenvalue weighted by Crippen LogP contribution is 2.32. The van der Waals surface area contributed by atoms with Gasteiger partial charge in [0.15, 0.2) is 0 Å². The van der Waals surface area contributed by atoms with E-state index < -0.39 is 11.5 Å². The van der Waals surface area contributed by atoms with Gasteiger partial charge in [-0.25, -0.2) is 4.79 Å². The summed E-state index contributed by atoms with van der Waals surface area (Å²) in [6, 6.07) is 9.26. The van der Waals surface area contributed by atoms with Crippen molar-refractivity contribution in [3.63, 3.8) is 0 Å². The van der Waals surface area contributed by atoms with Crippen molar-refractivity contribution in [2.75, 3.05) is 13.7 Å². The third-order valence-electron chi connectivity index (χ3n) is 4.18. The van der Waals surface area contributed by atoms with Crippen molar-refractivity contribution < 1.29 is 19.1 Å². The minimum Gasteiger partial charge on any atom is -0.468 e. The Morgan fingerprint density at radius 3 is 2.42 bits per heavy atom. The van der Waals surface area contributed by atoms with E-state index in [4.69, 9.17) is 9.47 Å². The predicted molar refractivity (Wildman–Crippen MR) is 91.8 cm³/mol. The smallest absolute Gasteiger partial charge is 0.410 e. The number of hydrogen-bond acceptors (Lipinski definition) is 4. The average Bonchev–Trinajstić information content (AvgIpc) is 2.54. The van der Waals surface area contributed by atoms with Crippen LogP contribution in [0.3, 0.4) is 0 Å². The molecule has 0 spiro atoms.